The van der Waals surface area contributed by atoms with Gasteiger partial charge in [-0.25, -0.2) is 0 Å². The molecule has 1 heterocycles. The third kappa shape index (κ3) is 4.84. The van der Waals surface area contributed by atoms with Gasteiger partial charge in [0.1, 0.15) is 5.56 Å². The molecule has 21 heavy (non-hydrogen) atoms. The summed E-state index contributed by atoms with van der Waals surface area (Å²) in [4.78, 5) is 22.3. The minimum Gasteiger partial charge on any atom is -0.352 e. The highest BCUT2D eigenvalue weighted by atomic mass is 35.5. The van der Waals surface area contributed by atoms with Crippen LogP contribution in [0.25, 0.3) is 0 Å². The quantitative estimate of drug-likeness (QED) is 0.640. The maximum absolute atomic E-state index is 12.0. The lowest BCUT2D eigenvalue weighted by Gasteiger charge is -2.10. The molecule has 1 atom stereocenters. The molecule has 1 saturated heterocycles. The Kier molecular flexibility index (Phi) is 6.87. The number of amides is 1. The second-order valence-electron chi connectivity index (χ2n) is 4.76. The first-order valence-electron chi connectivity index (χ1n) is 6.53. The van der Waals surface area contributed by atoms with Crippen LogP contribution >= 0.6 is 24.0 Å². The fraction of sp³-hybridized carbons (Fsp3) is 0.462. The monoisotopic (exact) mass is 333 g/mol. The Morgan fingerprint density at radius 1 is 1.52 bits per heavy atom. The van der Waals surface area contributed by atoms with Gasteiger partial charge in [-0.15, -0.1) is 12.4 Å². The summed E-state index contributed by atoms with van der Waals surface area (Å²) in [6.07, 6.45) is 3.09. The molecule has 116 valence electrons. The Morgan fingerprint density at radius 3 is 2.90 bits per heavy atom. The fourth-order valence-corrected chi connectivity index (χ4v) is 2.47. The van der Waals surface area contributed by atoms with Crippen LogP contribution in [-0.2, 0) is 0 Å². The summed E-state index contributed by atoms with van der Waals surface area (Å²) in [6.45, 7) is 1.51. The number of nitrogens with one attached hydrogen (secondary N) is 2. The number of nitrogens with zero attached hydrogens (tertiary/aromatic N) is 1. The molecule has 0 bridgehead atoms. The third-order valence-electron chi connectivity index (χ3n) is 3.34. The van der Waals surface area contributed by atoms with Gasteiger partial charge in [0.05, 0.1) is 4.92 Å². The highest BCUT2D eigenvalue weighted by molar-refractivity contribution is 6.31. The smallest absolute Gasteiger partial charge is 0.283 e. The molecular formula is C13H17Cl2N3O3. The molecule has 0 aliphatic carbocycles. The normalized spacial score (nSPS) is 17.1. The molecule has 0 saturated carbocycles. The number of hydrogen-bond donors (Lipinski definition) is 2. The Balaban J connectivity index is 0.00000220. The summed E-state index contributed by atoms with van der Waals surface area (Å²) >= 11 is 5.71. The molecule has 1 aliphatic rings. The van der Waals surface area contributed by atoms with Gasteiger partial charge in [0.25, 0.3) is 11.6 Å². The molecule has 0 unspecified atom stereocenters. The standard InChI is InChI=1S/C13H16ClN3O3.ClH/c14-9-3-4-11(12(8-9)17(19)20)13(18)16-7-5-10-2-1-6-15-10;/h3-4,8,10,15H,1-2,5-7H2,(H,16,18);1H/t10-;/m1./s1. The predicted octanol–water partition coefficient (Wildman–Crippen LogP) is 2.54. The van der Waals surface area contributed by atoms with Gasteiger partial charge >= 0.3 is 0 Å². The zero-order chi connectivity index (χ0) is 14.5. The molecule has 0 radical (unpaired) electrons. The number of rotatable bonds is 5. The number of carbonyl (C=O) groups is 1. The maximum Gasteiger partial charge on any atom is 0.283 e. The lowest BCUT2D eigenvalue weighted by molar-refractivity contribution is -0.385. The molecule has 2 N–H and O–H groups in total. The van der Waals surface area contributed by atoms with E-state index in [1.807, 2.05) is 0 Å². The van der Waals surface area contributed by atoms with E-state index in [0.717, 1.165) is 25.8 Å². The second kappa shape index (κ2) is 8.17. The molecule has 1 fully saturated rings. The Bertz CT molecular complexity index is 519. The number of nitro groups is 1. The number of halogens is 2. The van der Waals surface area contributed by atoms with Crippen LogP contribution in [0.2, 0.25) is 5.02 Å². The van der Waals surface area contributed by atoms with Gasteiger partial charge in [-0.3, -0.25) is 14.9 Å². The van der Waals surface area contributed by atoms with E-state index < -0.39 is 10.8 Å². The zero-order valence-electron chi connectivity index (χ0n) is 11.3. The second-order valence-corrected chi connectivity index (χ2v) is 5.19. The van der Waals surface area contributed by atoms with Crippen molar-refractivity contribution < 1.29 is 9.72 Å². The van der Waals surface area contributed by atoms with Crippen LogP contribution in [0.1, 0.15) is 29.6 Å². The van der Waals surface area contributed by atoms with Crippen molar-refractivity contribution in [2.45, 2.75) is 25.3 Å². The van der Waals surface area contributed by atoms with Crippen molar-refractivity contribution in [3.8, 4) is 0 Å². The Labute approximate surface area is 133 Å². The average Bonchev–Trinajstić information content (AvgIpc) is 2.91. The van der Waals surface area contributed by atoms with E-state index in [9.17, 15) is 14.9 Å². The first kappa shape index (κ1) is 17.7. The van der Waals surface area contributed by atoms with Gasteiger partial charge in [-0.05, 0) is 37.9 Å². The summed E-state index contributed by atoms with van der Waals surface area (Å²) in [7, 11) is 0. The average molecular weight is 334 g/mol. The number of hydrogen-bond acceptors (Lipinski definition) is 4. The van der Waals surface area contributed by atoms with E-state index in [-0.39, 0.29) is 28.7 Å². The van der Waals surface area contributed by atoms with Crippen molar-refractivity contribution in [3.05, 3.63) is 38.9 Å². The van der Waals surface area contributed by atoms with E-state index in [1.54, 1.807) is 0 Å². The van der Waals surface area contributed by atoms with Crippen molar-refractivity contribution >= 4 is 35.6 Å². The van der Waals surface area contributed by atoms with Crippen molar-refractivity contribution in [1.29, 1.82) is 0 Å². The predicted molar refractivity (Wildman–Crippen MR) is 83.3 cm³/mol. The van der Waals surface area contributed by atoms with E-state index in [2.05, 4.69) is 10.6 Å². The zero-order valence-corrected chi connectivity index (χ0v) is 12.9. The molecular weight excluding hydrogens is 317 g/mol. The van der Waals surface area contributed by atoms with Gasteiger partial charge in [-0.2, -0.15) is 0 Å². The molecule has 1 aromatic carbocycles. The molecule has 1 aliphatic heterocycles. The van der Waals surface area contributed by atoms with Gasteiger partial charge in [0.2, 0.25) is 0 Å². The number of nitro benzene ring substituents is 1. The minimum absolute atomic E-state index is 0. The van der Waals surface area contributed by atoms with Gasteiger partial charge in [0, 0.05) is 23.7 Å². The molecule has 0 aromatic heterocycles. The molecule has 8 heteroatoms. The maximum atomic E-state index is 12.0. The van der Waals surface area contributed by atoms with Crippen LogP contribution in [0.15, 0.2) is 18.2 Å². The van der Waals surface area contributed by atoms with E-state index >= 15 is 0 Å². The van der Waals surface area contributed by atoms with Crippen LogP contribution in [0.5, 0.6) is 0 Å². The molecule has 2 rings (SSSR count). The minimum atomic E-state index is -0.598. The van der Waals surface area contributed by atoms with Gasteiger partial charge in [0.15, 0.2) is 0 Å². The Morgan fingerprint density at radius 2 is 2.29 bits per heavy atom. The summed E-state index contributed by atoms with van der Waals surface area (Å²) in [6, 6.07) is 4.47. The van der Waals surface area contributed by atoms with Crippen LogP contribution in [0.3, 0.4) is 0 Å². The third-order valence-corrected chi connectivity index (χ3v) is 3.58. The van der Waals surface area contributed by atoms with E-state index in [4.69, 9.17) is 11.6 Å². The van der Waals surface area contributed by atoms with E-state index in [0.29, 0.717) is 12.6 Å². The largest absolute Gasteiger partial charge is 0.352 e. The molecule has 6 nitrogen and oxygen atoms in total. The lowest BCUT2D eigenvalue weighted by atomic mass is 10.1. The lowest BCUT2D eigenvalue weighted by Crippen LogP contribution is -2.30. The van der Waals surface area contributed by atoms with Crippen LogP contribution < -0.4 is 10.6 Å². The van der Waals surface area contributed by atoms with E-state index in [1.165, 1.54) is 18.2 Å². The number of benzene rings is 1. The van der Waals surface area contributed by atoms with Crippen molar-refractivity contribution in [1.82, 2.24) is 10.6 Å². The van der Waals surface area contributed by atoms with Gasteiger partial charge in [-0.1, -0.05) is 11.6 Å². The van der Waals surface area contributed by atoms with Crippen LogP contribution in [-0.4, -0.2) is 30.0 Å². The molecule has 1 aromatic rings. The molecule has 0 spiro atoms. The SMILES string of the molecule is Cl.O=C(NCC[C@H]1CCCN1)c1ccc(Cl)cc1[N+](=O)[O-]. The highest BCUT2D eigenvalue weighted by Crippen LogP contribution is 2.23. The Hall–Kier alpha value is -1.37. The fourth-order valence-electron chi connectivity index (χ4n) is 2.31. The summed E-state index contributed by atoms with van der Waals surface area (Å²) in [5.41, 5.74) is -0.229. The van der Waals surface area contributed by atoms with Crippen molar-refractivity contribution in [2.24, 2.45) is 0 Å². The van der Waals surface area contributed by atoms with Crippen LogP contribution in [0.4, 0.5) is 5.69 Å². The summed E-state index contributed by atoms with van der Waals surface area (Å²) < 4.78 is 0. The highest BCUT2D eigenvalue weighted by Gasteiger charge is 2.21. The number of carbonyl (C=O) groups excluding carboxylic acids is 1. The molecule has 1 amide bonds. The first-order valence-corrected chi connectivity index (χ1v) is 6.91. The first-order chi connectivity index (χ1) is 9.58. The van der Waals surface area contributed by atoms with Crippen molar-refractivity contribution in [3.63, 3.8) is 0 Å². The van der Waals surface area contributed by atoms with Gasteiger partial charge < -0.3 is 10.6 Å². The summed E-state index contributed by atoms with van der Waals surface area (Å²) in [5.74, 6) is -0.439. The van der Waals surface area contributed by atoms with Crippen LogP contribution in [0, 0.1) is 10.1 Å². The summed E-state index contributed by atoms with van der Waals surface area (Å²) in [5, 5.41) is 17.2. The van der Waals surface area contributed by atoms with Crippen molar-refractivity contribution in [2.75, 3.05) is 13.1 Å². The topological polar surface area (TPSA) is 84.3 Å².